The Morgan fingerprint density at radius 3 is 1.62 bits per heavy atom. The minimum Gasteiger partial charge on any atom is -0.310 e. The van der Waals surface area contributed by atoms with Crippen molar-refractivity contribution < 1.29 is 0 Å². The van der Waals surface area contributed by atoms with Crippen LogP contribution in [0.1, 0.15) is 40.4 Å². The predicted molar refractivity (Wildman–Crippen MR) is 265 cm³/mol. The molecule has 0 bridgehead atoms. The van der Waals surface area contributed by atoms with Gasteiger partial charge in [-0.15, -0.1) is 0 Å². The summed E-state index contributed by atoms with van der Waals surface area (Å²) in [5.74, 6) is 0. The van der Waals surface area contributed by atoms with E-state index in [2.05, 4.69) is 254 Å². The summed E-state index contributed by atoms with van der Waals surface area (Å²) in [6, 6.07) is 80.7. The Labute approximate surface area is 368 Å². The number of aryl methyl sites for hydroxylation is 1. The highest BCUT2D eigenvalue weighted by atomic mass is 15.0. The summed E-state index contributed by atoms with van der Waals surface area (Å²) >= 11 is 0. The van der Waals surface area contributed by atoms with E-state index in [0.29, 0.717) is 0 Å². The van der Waals surface area contributed by atoms with E-state index >= 15 is 0 Å². The molecule has 0 fully saturated rings. The summed E-state index contributed by atoms with van der Waals surface area (Å²) < 4.78 is 4.86. The van der Waals surface area contributed by atoms with E-state index in [-0.39, 0.29) is 0 Å². The Morgan fingerprint density at radius 1 is 0.381 bits per heavy atom. The van der Waals surface area contributed by atoms with Gasteiger partial charge in [-0.2, -0.15) is 0 Å². The molecule has 0 unspecified atom stereocenters. The van der Waals surface area contributed by atoms with Crippen LogP contribution in [0.3, 0.4) is 0 Å². The van der Waals surface area contributed by atoms with E-state index in [4.69, 9.17) is 0 Å². The maximum absolute atomic E-state index is 2.46. The first-order valence-electron chi connectivity index (χ1n) is 22.0. The van der Waals surface area contributed by atoms with Crippen molar-refractivity contribution in [2.24, 2.45) is 0 Å². The summed E-state index contributed by atoms with van der Waals surface area (Å²) in [5.41, 5.74) is 20.5. The molecular weight excluding hydrogens is 761 g/mol. The lowest BCUT2D eigenvalue weighted by Crippen LogP contribution is -2.28. The van der Waals surface area contributed by atoms with Gasteiger partial charge < -0.3 is 9.13 Å². The molecule has 12 rings (SSSR count). The van der Waals surface area contributed by atoms with Crippen LogP contribution in [0.15, 0.2) is 224 Å². The molecule has 0 saturated carbocycles. The molecular formula is C61H44N2. The molecule has 11 aromatic rings. The van der Waals surface area contributed by atoms with Crippen molar-refractivity contribution in [2.45, 2.75) is 19.3 Å². The first-order chi connectivity index (χ1) is 31.1. The molecule has 63 heavy (non-hydrogen) atoms. The molecule has 0 spiro atoms. The third kappa shape index (κ3) is 5.58. The molecule has 0 radical (unpaired) electrons. The third-order valence-corrected chi connectivity index (χ3v) is 13.5. The molecule has 298 valence electrons. The van der Waals surface area contributed by atoms with Crippen LogP contribution in [0.4, 0.5) is 0 Å². The van der Waals surface area contributed by atoms with Crippen molar-refractivity contribution in [2.75, 3.05) is 0 Å². The number of hydrogen-bond acceptors (Lipinski definition) is 0. The summed E-state index contributed by atoms with van der Waals surface area (Å²) in [6.45, 7) is 4.35. The lowest BCUT2D eigenvalue weighted by molar-refractivity contribution is 0.767. The van der Waals surface area contributed by atoms with Crippen molar-refractivity contribution in [1.82, 2.24) is 9.13 Å². The second kappa shape index (κ2) is 14.6. The van der Waals surface area contributed by atoms with Crippen molar-refractivity contribution >= 4 is 38.8 Å². The Morgan fingerprint density at radius 2 is 0.921 bits per heavy atom. The lowest BCUT2D eigenvalue weighted by Gasteiger charge is -2.34. The van der Waals surface area contributed by atoms with Crippen LogP contribution < -0.4 is 0 Å². The minimum absolute atomic E-state index is 0.468. The van der Waals surface area contributed by atoms with E-state index in [1.807, 2.05) is 0 Å². The largest absolute Gasteiger partial charge is 0.310 e. The maximum Gasteiger partial charge on any atom is 0.0714 e. The Hall–Kier alpha value is -7.94. The van der Waals surface area contributed by atoms with Crippen molar-refractivity contribution in [3.63, 3.8) is 0 Å². The summed E-state index contributed by atoms with van der Waals surface area (Å²) in [4.78, 5) is 0. The number of fused-ring (bicyclic) bond motifs is 7. The molecule has 0 saturated heterocycles. The van der Waals surface area contributed by atoms with E-state index in [1.165, 1.54) is 99.6 Å². The molecule has 1 aliphatic rings. The monoisotopic (exact) mass is 804 g/mol. The number of hydrogen-bond donors (Lipinski definition) is 0. The van der Waals surface area contributed by atoms with E-state index in [1.54, 1.807) is 0 Å². The molecule has 9 aromatic carbocycles. The van der Waals surface area contributed by atoms with Gasteiger partial charge in [-0.25, -0.2) is 0 Å². The van der Waals surface area contributed by atoms with E-state index in [0.717, 1.165) is 11.4 Å². The zero-order valence-electron chi connectivity index (χ0n) is 35.3. The zero-order valence-corrected chi connectivity index (χ0v) is 35.3. The fraction of sp³-hybridized carbons (Fsp3) is 0.0492. The van der Waals surface area contributed by atoms with Crippen LogP contribution in [0.5, 0.6) is 0 Å². The van der Waals surface area contributed by atoms with Crippen LogP contribution in [0.25, 0.3) is 83.5 Å². The van der Waals surface area contributed by atoms with Gasteiger partial charge in [-0.05, 0) is 136 Å². The molecule has 2 heteroatoms. The molecule has 0 amide bonds. The highest BCUT2D eigenvalue weighted by Crippen LogP contribution is 2.56. The number of allylic oxidation sites excluding steroid dienone is 1. The van der Waals surface area contributed by atoms with Gasteiger partial charge >= 0.3 is 0 Å². The average Bonchev–Trinajstić information content (AvgIpc) is 3.95. The first kappa shape index (κ1) is 36.9. The summed E-state index contributed by atoms with van der Waals surface area (Å²) in [7, 11) is 0. The molecule has 2 heterocycles. The molecule has 0 aliphatic heterocycles. The number of aromatic nitrogens is 2. The van der Waals surface area contributed by atoms with Crippen LogP contribution in [0, 0.1) is 6.92 Å². The van der Waals surface area contributed by atoms with Gasteiger partial charge in [0.05, 0.1) is 22.0 Å². The highest BCUT2D eigenvalue weighted by molar-refractivity contribution is 6.10. The number of benzene rings is 9. The summed E-state index contributed by atoms with van der Waals surface area (Å²) in [6.07, 6.45) is 4.38. The van der Waals surface area contributed by atoms with Crippen molar-refractivity contribution in [3.8, 4) is 44.8 Å². The number of para-hydroxylation sites is 1. The first-order valence-corrected chi connectivity index (χ1v) is 22.0. The van der Waals surface area contributed by atoms with Crippen LogP contribution in [-0.4, -0.2) is 9.13 Å². The van der Waals surface area contributed by atoms with Gasteiger partial charge in [0.25, 0.3) is 0 Å². The van der Waals surface area contributed by atoms with E-state index < -0.39 is 5.41 Å². The standard InChI is InChI=1S/C61H44N2/c1-3-17-57-41(2)53-38-44(32-36-59(53)62(57)48-34-30-43(31-35-48)42-18-6-4-7-19-42)45-33-37-60-54(39-45)52-26-12-15-29-58(52)63(60)49-23-16-22-47(40-49)61(46-20-8-5-9-21-46)55-27-13-10-24-50(55)51-25-11-14-28-56(51)61/h3-40H,1-2H3/b17-3-. The molecule has 2 aromatic heterocycles. The zero-order chi connectivity index (χ0) is 42.1. The smallest absolute Gasteiger partial charge is 0.0714 e. The molecule has 2 nitrogen and oxygen atoms in total. The molecule has 1 aliphatic carbocycles. The van der Waals surface area contributed by atoms with Gasteiger partial charge in [0.1, 0.15) is 0 Å². The second-order valence-electron chi connectivity index (χ2n) is 16.8. The Balaban J connectivity index is 0.995. The number of rotatable bonds is 7. The fourth-order valence-corrected chi connectivity index (χ4v) is 10.7. The Bertz CT molecular complexity index is 3520. The normalized spacial score (nSPS) is 13.0. The van der Waals surface area contributed by atoms with Crippen molar-refractivity contribution in [3.05, 3.63) is 258 Å². The minimum atomic E-state index is -0.468. The summed E-state index contributed by atoms with van der Waals surface area (Å²) in [5, 5.41) is 3.74. The van der Waals surface area contributed by atoms with Gasteiger partial charge in [0.2, 0.25) is 0 Å². The van der Waals surface area contributed by atoms with E-state index in [9.17, 15) is 0 Å². The topological polar surface area (TPSA) is 9.86 Å². The van der Waals surface area contributed by atoms with Crippen LogP contribution in [-0.2, 0) is 5.41 Å². The van der Waals surface area contributed by atoms with Gasteiger partial charge in [0, 0.05) is 33.2 Å². The number of nitrogens with zero attached hydrogens (tertiary/aromatic N) is 2. The average molecular weight is 805 g/mol. The lowest BCUT2D eigenvalue weighted by atomic mass is 9.67. The quantitative estimate of drug-likeness (QED) is 0.152. The maximum atomic E-state index is 2.46. The Kier molecular flexibility index (Phi) is 8.55. The van der Waals surface area contributed by atoms with Gasteiger partial charge in [-0.1, -0.05) is 170 Å². The van der Waals surface area contributed by atoms with Crippen LogP contribution in [0.2, 0.25) is 0 Å². The predicted octanol–water partition coefficient (Wildman–Crippen LogP) is 15.8. The molecule has 0 atom stereocenters. The van der Waals surface area contributed by atoms with Gasteiger partial charge in [0.15, 0.2) is 0 Å². The fourth-order valence-electron chi connectivity index (χ4n) is 10.7. The molecule has 0 N–H and O–H groups in total. The van der Waals surface area contributed by atoms with Crippen molar-refractivity contribution in [1.29, 1.82) is 0 Å². The second-order valence-corrected chi connectivity index (χ2v) is 16.8. The third-order valence-electron chi connectivity index (χ3n) is 13.5. The van der Waals surface area contributed by atoms with Gasteiger partial charge in [-0.3, -0.25) is 0 Å². The SMILES string of the molecule is C/C=C\c1c(C)c2cc(-c3ccc4c(c3)c3ccccc3n4-c3cccc(C4(c5ccccc5)c5ccccc5-c5ccccc54)c3)ccc2n1-c1ccc(-c2ccccc2)cc1. The highest BCUT2D eigenvalue weighted by Gasteiger charge is 2.46. The van der Waals surface area contributed by atoms with Crippen LogP contribution >= 0.6 is 0 Å².